The third-order valence-electron chi connectivity index (χ3n) is 2.98. The lowest BCUT2D eigenvalue weighted by atomic mass is 10.1. The summed E-state index contributed by atoms with van der Waals surface area (Å²) in [4.78, 5) is 0. The van der Waals surface area contributed by atoms with Crippen LogP contribution in [0.3, 0.4) is 0 Å². The van der Waals surface area contributed by atoms with Crippen molar-refractivity contribution in [2.45, 2.75) is 13.5 Å². The van der Waals surface area contributed by atoms with Crippen LogP contribution in [0.2, 0.25) is 0 Å². The molecule has 2 heterocycles. The molecule has 2 N–H and O–H groups in total. The molecule has 4 nitrogen and oxygen atoms in total. The van der Waals surface area contributed by atoms with E-state index < -0.39 is 0 Å². The van der Waals surface area contributed by atoms with Gasteiger partial charge in [-0.25, -0.2) is 0 Å². The molecule has 2 aromatic heterocycles. The molecule has 3 aromatic rings. The maximum atomic E-state index is 5.67. The Morgan fingerprint density at radius 2 is 2.06 bits per heavy atom. The summed E-state index contributed by atoms with van der Waals surface area (Å²) in [5.74, 6) is 0.851. The first kappa shape index (κ1) is 10.9. The molecule has 18 heavy (non-hydrogen) atoms. The highest BCUT2D eigenvalue weighted by Gasteiger charge is 2.08. The van der Waals surface area contributed by atoms with E-state index in [9.17, 15) is 0 Å². The minimum Gasteiger partial charge on any atom is -0.326 e. The molecule has 0 fully saturated rings. The standard InChI is InChI=1S/C14H14N4/c1-10-3-2-4-12(7-10)14-17-16-13-6-5-11(8-15)9-18(13)14/h2-7,9H,8,15H2,1H3. The molecule has 0 spiro atoms. The maximum absolute atomic E-state index is 5.67. The summed E-state index contributed by atoms with van der Waals surface area (Å²) in [7, 11) is 0. The van der Waals surface area contributed by atoms with Gasteiger partial charge in [0.1, 0.15) is 0 Å². The molecule has 0 atom stereocenters. The molecule has 4 heteroatoms. The van der Waals surface area contributed by atoms with E-state index >= 15 is 0 Å². The minimum absolute atomic E-state index is 0.515. The van der Waals surface area contributed by atoms with Crippen LogP contribution in [0.1, 0.15) is 11.1 Å². The molecular formula is C14H14N4. The lowest BCUT2D eigenvalue weighted by Crippen LogP contribution is -1.99. The van der Waals surface area contributed by atoms with Crippen molar-refractivity contribution >= 4 is 5.65 Å². The first-order valence-corrected chi connectivity index (χ1v) is 5.89. The van der Waals surface area contributed by atoms with Gasteiger partial charge in [0.2, 0.25) is 0 Å². The zero-order chi connectivity index (χ0) is 12.5. The van der Waals surface area contributed by atoms with Crippen LogP contribution in [0, 0.1) is 6.92 Å². The number of aromatic nitrogens is 3. The van der Waals surface area contributed by atoms with Gasteiger partial charge in [0.05, 0.1) is 0 Å². The van der Waals surface area contributed by atoms with E-state index in [-0.39, 0.29) is 0 Å². The van der Waals surface area contributed by atoms with Crippen LogP contribution < -0.4 is 5.73 Å². The van der Waals surface area contributed by atoms with Gasteiger partial charge in [-0.3, -0.25) is 4.40 Å². The molecule has 1 aromatic carbocycles. The molecular weight excluding hydrogens is 224 g/mol. The van der Waals surface area contributed by atoms with Crippen molar-refractivity contribution in [3.05, 3.63) is 53.7 Å². The van der Waals surface area contributed by atoms with Gasteiger partial charge in [-0.05, 0) is 24.6 Å². The molecule has 0 saturated heterocycles. The molecule has 90 valence electrons. The van der Waals surface area contributed by atoms with E-state index in [4.69, 9.17) is 5.73 Å². The van der Waals surface area contributed by atoms with Crippen molar-refractivity contribution in [3.8, 4) is 11.4 Å². The molecule has 0 aliphatic rings. The number of pyridine rings is 1. The van der Waals surface area contributed by atoms with E-state index in [2.05, 4.69) is 29.3 Å². The van der Waals surface area contributed by atoms with Crippen LogP contribution in [0.4, 0.5) is 0 Å². The van der Waals surface area contributed by atoms with Gasteiger partial charge in [-0.15, -0.1) is 10.2 Å². The third-order valence-corrected chi connectivity index (χ3v) is 2.98. The molecule has 0 aliphatic heterocycles. The Labute approximate surface area is 105 Å². The second-order valence-corrected chi connectivity index (χ2v) is 4.36. The topological polar surface area (TPSA) is 56.2 Å². The number of aryl methyl sites for hydroxylation is 1. The summed E-state index contributed by atoms with van der Waals surface area (Å²) >= 11 is 0. The van der Waals surface area contributed by atoms with Crippen molar-refractivity contribution in [3.63, 3.8) is 0 Å². The summed E-state index contributed by atoms with van der Waals surface area (Å²) in [6.45, 7) is 2.58. The molecule has 3 rings (SSSR count). The van der Waals surface area contributed by atoms with E-state index in [0.717, 1.165) is 22.6 Å². The fourth-order valence-electron chi connectivity index (χ4n) is 2.04. The Morgan fingerprint density at radius 3 is 2.83 bits per heavy atom. The maximum Gasteiger partial charge on any atom is 0.168 e. The lowest BCUT2D eigenvalue weighted by molar-refractivity contribution is 1.03. The van der Waals surface area contributed by atoms with E-state index in [1.54, 1.807) is 0 Å². The Balaban J connectivity index is 2.22. The van der Waals surface area contributed by atoms with Gasteiger partial charge in [-0.2, -0.15) is 0 Å². The molecule has 0 bridgehead atoms. The number of hydrogen-bond acceptors (Lipinski definition) is 3. The Bertz CT molecular complexity index is 700. The molecule has 0 aliphatic carbocycles. The highest BCUT2D eigenvalue weighted by Crippen LogP contribution is 2.19. The summed E-state index contributed by atoms with van der Waals surface area (Å²) in [6.07, 6.45) is 1.99. The van der Waals surface area contributed by atoms with Crippen LogP contribution >= 0.6 is 0 Å². The molecule has 0 amide bonds. The third kappa shape index (κ3) is 1.76. The van der Waals surface area contributed by atoms with Gasteiger partial charge in [0, 0.05) is 18.3 Å². The second kappa shape index (κ2) is 4.23. The zero-order valence-corrected chi connectivity index (χ0v) is 10.2. The smallest absolute Gasteiger partial charge is 0.168 e. The summed E-state index contributed by atoms with van der Waals surface area (Å²) < 4.78 is 1.98. The average molecular weight is 238 g/mol. The minimum atomic E-state index is 0.515. The number of hydrogen-bond donors (Lipinski definition) is 1. The summed E-state index contributed by atoms with van der Waals surface area (Å²) in [6, 6.07) is 12.2. The van der Waals surface area contributed by atoms with Crippen LogP contribution in [0.25, 0.3) is 17.0 Å². The van der Waals surface area contributed by atoms with Gasteiger partial charge >= 0.3 is 0 Å². The molecule has 0 unspecified atom stereocenters. The number of nitrogens with zero attached hydrogens (tertiary/aromatic N) is 3. The van der Waals surface area contributed by atoms with Crippen LogP contribution in [0.5, 0.6) is 0 Å². The quantitative estimate of drug-likeness (QED) is 0.744. The van der Waals surface area contributed by atoms with Crippen molar-refractivity contribution in [2.24, 2.45) is 5.73 Å². The second-order valence-electron chi connectivity index (χ2n) is 4.36. The van der Waals surface area contributed by atoms with E-state index in [1.165, 1.54) is 5.56 Å². The fraction of sp³-hybridized carbons (Fsp3) is 0.143. The first-order valence-electron chi connectivity index (χ1n) is 5.89. The Morgan fingerprint density at radius 1 is 1.17 bits per heavy atom. The van der Waals surface area contributed by atoms with Crippen LogP contribution in [-0.4, -0.2) is 14.6 Å². The predicted octanol–water partition coefficient (Wildman–Crippen LogP) is 2.16. The number of rotatable bonds is 2. The summed E-state index contributed by atoms with van der Waals surface area (Å²) in [5, 5.41) is 8.43. The normalized spacial score (nSPS) is 11.0. The largest absolute Gasteiger partial charge is 0.326 e. The van der Waals surface area contributed by atoms with Crippen molar-refractivity contribution < 1.29 is 0 Å². The van der Waals surface area contributed by atoms with E-state index in [0.29, 0.717) is 6.54 Å². The van der Waals surface area contributed by atoms with Gasteiger partial charge in [0.25, 0.3) is 0 Å². The fourth-order valence-corrected chi connectivity index (χ4v) is 2.04. The highest BCUT2D eigenvalue weighted by atomic mass is 15.2. The highest BCUT2D eigenvalue weighted by molar-refractivity contribution is 5.60. The lowest BCUT2D eigenvalue weighted by Gasteiger charge is -2.03. The predicted molar refractivity (Wildman–Crippen MR) is 71.1 cm³/mol. The average Bonchev–Trinajstić information content (AvgIpc) is 2.81. The first-order chi connectivity index (χ1) is 8.78. The van der Waals surface area contributed by atoms with Gasteiger partial charge in [-0.1, -0.05) is 29.8 Å². The van der Waals surface area contributed by atoms with Gasteiger partial charge in [0.15, 0.2) is 11.5 Å². The molecule has 0 radical (unpaired) electrons. The monoisotopic (exact) mass is 238 g/mol. The Hall–Kier alpha value is -2.20. The Kier molecular flexibility index (Phi) is 2.57. The van der Waals surface area contributed by atoms with Crippen molar-refractivity contribution in [2.75, 3.05) is 0 Å². The molecule has 0 saturated carbocycles. The van der Waals surface area contributed by atoms with Crippen molar-refractivity contribution in [1.29, 1.82) is 0 Å². The number of fused-ring (bicyclic) bond motifs is 1. The van der Waals surface area contributed by atoms with Crippen molar-refractivity contribution in [1.82, 2.24) is 14.6 Å². The SMILES string of the molecule is Cc1cccc(-c2nnc3ccc(CN)cn23)c1. The number of nitrogens with two attached hydrogens (primary N) is 1. The van der Waals surface area contributed by atoms with Crippen LogP contribution in [0.15, 0.2) is 42.6 Å². The van der Waals surface area contributed by atoms with Crippen LogP contribution in [-0.2, 0) is 6.54 Å². The number of benzene rings is 1. The zero-order valence-electron chi connectivity index (χ0n) is 10.2. The van der Waals surface area contributed by atoms with E-state index in [1.807, 2.05) is 34.9 Å². The van der Waals surface area contributed by atoms with Gasteiger partial charge < -0.3 is 5.73 Å². The summed E-state index contributed by atoms with van der Waals surface area (Å²) in [5.41, 5.74) is 9.84.